The molecule has 2 aliphatic heterocycles. The van der Waals surface area contributed by atoms with Crippen LogP contribution in [0, 0.1) is 17.3 Å². The summed E-state index contributed by atoms with van der Waals surface area (Å²) in [6, 6.07) is 0. The van der Waals surface area contributed by atoms with Crippen LogP contribution in [0.15, 0.2) is 0 Å². The summed E-state index contributed by atoms with van der Waals surface area (Å²) in [7, 11) is 0. The smallest absolute Gasteiger partial charge is 0.305 e. The molecule has 1 aliphatic carbocycles. The van der Waals surface area contributed by atoms with E-state index in [2.05, 4.69) is 29.5 Å². The Morgan fingerprint density at radius 1 is 1.25 bits per heavy atom. The first-order valence-electron chi connectivity index (χ1n) is 9.02. The molecule has 0 aromatic carbocycles. The molecule has 2 saturated heterocycles. The van der Waals surface area contributed by atoms with Crippen LogP contribution >= 0.6 is 22.6 Å². The molecule has 3 rings (SSSR count). The SMILES string of the molecule is CCOC(=O)CC[C@]1(C)CC[C@H]2[C@H]3OC(C)(C)O[C@H]3O[C@@H]2[C@H]1CI. The van der Waals surface area contributed by atoms with Gasteiger partial charge >= 0.3 is 5.97 Å². The van der Waals surface area contributed by atoms with Crippen LogP contribution in [0.25, 0.3) is 0 Å². The van der Waals surface area contributed by atoms with E-state index in [1.54, 1.807) is 0 Å². The number of carbonyl (C=O) groups excluding carboxylic acids is 1. The minimum absolute atomic E-state index is 0.0463. The molecule has 138 valence electrons. The molecule has 0 bridgehead atoms. The van der Waals surface area contributed by atoms with Gasteiger partial charge in [0.2, 0.25) is 0 Å². The molecule has 3 fully saturated rings. The minimum Gasteiger partial charge on any atom is -0.466 e. The van der Waals surface area contributed by atoms with Crippen LogP contribution in [-0.4, -0.2) is 41.3 Å². The lowest BCUT2D eigenvalue weighted by atomic mass is 9.61. The van der Waals surface area contributed by atoms with Gasteiger partial charge in [0.1, 0.15) is 6.10 Å². The van der Waals surface area contributed by atoms with Gasteiger partial charge in [-0.15, -0.1) is 0 Å². The van der Waals surface area contributed by atoms with Crippen molar-refractivity contribution in [2.45, 2.75) is 77.7 Å². The molecule has 24 heavy (non-hydrogen) atoms. The number of esters is 1. The van der Waals surface area contributed by atoms with Crippen LogP contribution in [0.1, 0.15) is 53.4 Å². The summed E-state index contributed by atoms with van der Waals surface area (Å²) in [6.07, 6.45) is 3.47. The third-order valence-electron chi connectivity index (χ3n) is 5.94. The molecule has 0 aromatic rings. The van der Waals surface area contributed by atoms with Crippen molar-refractivity contribution in [3.05, 3.63) is 0 Å². The zero-order valence-corrected chi connectivity index (χ0v) is 17.2. The van der Waals surface area contributed by atoms with Crippen molar-refractivity contribution in [3.63, 3.8) is 0 Å². The second-order valence-corrected chi connectivity index (χ2v) is 8.87. The summed E-state index contributed by atoms with van der Waals surface area (Å²) in [5.41, 5.74) is 0.100. The molecular weight excluding hydrogens is 423 g/mol. The number of fused-ring (bicyclic) bond motifs is 3. The van der Waals surface area contributed by atoms with Gasteiger partial charge in [0.25, 0.3) is 0 Å². The second-order valence-electron chi connectivity index (χ2n) is 7.99. The predicted octanol–water partition coefficient (Wildman–Crippen LogP) is 3.67. The van der Waals surface area contributed by atoms with Crippen molar-refractivity contribution in [2.24, 2.45) is 17.3 Å². The topological polar surface area (TPSA) is 54.0 Å². The molecule has 0 N–H and O–H groups in total. The number of hydrogen-bond acceptors (Lipinski definition) is 5. The fourth-order valence-electron chi connectivity index (χ4n) is 4.60. The lowest BCUT2D eigenvalue weighted by Gasteiger charge is -2.47. The molecular formula is C18H29IO5. The van der Waals surface area contributed by atoms with Gasteiger partial charge in [0, 0.05) is 16.8 Å². The summed E-state index contributed by atoms with van der Waals surface area (Å²) in [5, 5.41) is 0. The van der Waals surface area contributed by atoms with Crippen LogP contribution in [0.4, 0.5) is 0 Å². The van der Waals surface area contributed by atoms with Crippen molar-refractivity contribution >= 4 is 28.6 Å². The predicted molar refractivity (Wildman–Crippen MR) is 97.8 cm³/mol. The Morgan fingerprint density at radius 3 is 2.67 bits per heavy atom. The first kappa shape index (κ1) is 18.9. The Kier molecular flexibility index (Phi) is 5.50. The van der Waals surface area contributed by atoms with Gasteiger partial charge in [-0.3, -0.25) is 4.79 Å². The van der Waals surface area contributed by atoms with Gasteiger partial charge in [0.15, 0.2) is 12.1 Å². The number of halogens is 1. The molecule has 2 heterocycles. The maximum atomic E-state index is 11.8. The number of alkyl halides is 1. The van der Waals surface area contributed by atoms with Crippen molar-refractivity contribution in [3.8, 4) is 0 Å². The molecule has 0 radical (unpaired) electrons. The number of carbonyl (C=O) groups is 1. The van der Waals surface area contributed by atoms with E-state index in [-0.39, 0.29) is 29.9 Å². The van der Waals surface area contributed by atoms with E-state index in [1.807, 2.05) is 20.8 Å². The van der Waals surface area contributed by atoms with E-state index >= 15 is 0 Å². The highest BCUT2D eigenvalue weighted by atomic mass is 127. The quantitative estimate of drug-likeness (QED) is 0.362. The van der Waals surface area contributed by atoms with Gasteiger partial charge in [-0.1, -0.05) is 29.5 Å². The Morgan fingerprint density at radius 2 is 2.00 bits per heavy atom. The van der Waals surface area contributed by atoms with Crippen LogP contribution < -0.4 is 0 Å². The van der Waals surface area contributed by atoms with E-state index in [0.717, 1.165) is 23.7 Å². The maximum absolute atomic E-state index is 11.8. The molecule has 5 nitrogen and oxygen atoms in total. The van der Waals surface area contributed by atoms with Gasteiger partial charge < -0.3 is 18.9 Å². The first-order valence-corrected chi connectivity index (χ1v) is 10.5. The van der Waals surface area contributed by atoms with Gasteiger partial charge in [0.05, 0.1) is 12.7 Å². The number of rotatable bonds is 5. The fourth-order valence-corrected chi connectivity index (χ4v) is 6.16. The fraction of sp³-hybridized carbons (Fsp3) is 0.944. The highest BCUT2D eigenvalue weighted by Gasteiger charge is 2.60. The maximum Gasteiger partial charge on any atom is 0.305 e. The molecule has 0 spiro atoms. The molecule has 0 amide bonds. The highest BCUT2D eigenvalue weighted by Crippen LogP contribution is 2.55. The van der Waals surface area contributed by atoms with E-state index in [1.165, 1.54) is 0 Å². The molecule has 1 saturated carbocycles. The Hall–Kier alpha value is 0.0800. The zero-order chi connectivity index (χ0) is 17.5. The summed E-state index contributed by atoms with van der Waals surface area (Å²) in [5.74, 6) is 0.162. The van der Waals surface area contributed by atoms with Gasteiger partial charge in [-0.05, 0) is 51.4 Å². The highest BCUT2D eigenvalue weighted by molar-refractivity contribution is 14.1. The summed E-state index contributed by atoms with van der Waals surface area (Å²) in [4.78, 5) is 11.8. The summed E-state index contributed by atoms with van der Waals surface area (Å²) in [6.45, 7) is 8.50. The van der Waals surface area contributed by atoms with Crippen molar-refractivity contribution < 1.29 is 23.7 Å². The van der Waals surface area contributed by atoms with E-state index < -0.39 is 5.79 Å². The van der Waals surface area contributed by atoms with Gasteiger partial charge in [-0.25, -0.2) is 0 Å². The van der Waals surface area contributed by atoms with Crippen LogP contribution in [0.3, 0.4) is 0 Å². The standard InChI is InChI=1S/C18H29IO5/c1-5-21-13(20)7-9-18(4)8-6-11-14(12(18)10-19)22-16-15(11)23-17(2,3)24-16/h11-12,14-16H,5-10H2,1-4H3/t11-,12-,14+,15-,16-,18+/m1/s1. The second kappa shape index (κ2) is 7.00. The summed E-state index contributed by atoms with van der Waals surface area (Å²) >= 11 is 2.46. The largest absolute Gasteiger partial charge is 0.466 e. The van der Waals surface area contributed by atoms with E-state index in [0.29, 0.717) is 24.9 Å². The first-order chi connectivity index (χ1) is 11.3. The van der Waals surface area contributed by atoms with Crippen molar-refractivity contribution in [1.82, 2.24) is 0 Å². The van der Waals surface area contributed by atoms with E-state index in [9.17, 15) is 4.79 Å². The number of ether oxygens (including phenoxy) is 4. The monoisotopic (exact) mass is 452 g/mol. The van der Waals surface area contributed by atoms with E-state index in [4.69, 9.17) is 18.9 Å². The molecule has 6 atom stereocenters. The Bertz CT molecular complexity index is 482. The lowest BCUT2D eigenvalue weighted by molar-refractivity contribution is -0.224. The molecule has 0 aromatic heterocycles. The molecule has 3 aliphatic rings. The lowest BCUT2D eigenvalue weighted by Crippen LogP contribution is -2.47. The normalized spacial score (nSPS) is 43.3. The van der Waals surface area contributed by atoms with Crippen LogP contribution in [0.2, 0.25) is 0 Å². The molecule has 6 heteroatoms. The third-order valence-corrected chi connectivity index (χ3v) is 6.88. The third kappa shape index (κ3) is 3.48. The Balaban J connectivity index is 1.68. The van der Waals surface area contributed by atoms with Gasteiger partial charge in [-0.2, -0.15) is 0 Å². The van der Waals surface area contributed by atoms with Crippen LogP contribution in [-0.2, 0) is 23.7 Å². The molecule has 0 unspecified atom stereocenters. The number of hydrogen-bond donors (Lipinski definition) is 0. The minimum atomic E-state index is -0.551. The average molecular weight is 452 g/mol. The average Bonchev–Trinajstić information content (AvgIpc) is 2.97. The van der Waals surface area contributed by atoms with Crippen molar-refractivity contribution in [1.29, 1.82) is 0 Å². The summed E-state index contributed by atoms with van der Waals surface area (Å²) < 4.78 is 24.5. The van der Waals surface area contributed by atoms with Crippen LogP contribution in [0.5, 0.6) is 0 Å². The van der Waals surface area contributed by atoms with Crippen molar-refractivity contribution in [2.75, 3.05) is 11.0 Å². The Labute approximate surface area is 158 Å². The zero-order valence-electron chi connectivity index (χ0n) is 15.0.